The minimum Gasteiger partial charge on any atom is -0.469 e. The Labute approximate surface area is 184 Å². The molecule has 0 spiro atoms. The lowest BCUT2D eigenvalue weighted by atomic mass is 9.33. The summed E-state index contributed by atoms with van der Waals surface area (Å²) in [5.74, 6) is 2.42. The first-order chi connectivity index (χ1) is 15.8. The fourth-order valence-corrected chi connectivity index (χ4v) is 5.15. The van der Waals surface area contributed by atoms with Crippen LogP contribution in [-0.2, 0) is 0 Å². The largest absolute Gasteiger partial charge is 0.469 e. The van der Waals surface area contributed by atoms with Crippen LogP contribution in [-0.4, -0.2) is 6.71 Å². The standard InChI is InChI=1S/C26H12BN3O2/c1-29-17-13-15(14-28)25-24-26(17)32-21-12-6-10-19-23(21)27(24)22-18(9-5-11-20(22)31-25)30(19)16-7-3-2-4-8-16/h2-13H. The van der Waals surface area contributed by atoms with Gasteiger partial charge in [0.2, 0.25) is 5.69 Å². The Hall–Kier alpha value is -4.68. The Morgan fingerprint density at radius 1 is 0.812 bits per heavy atom. The quantitative estimate of drug-likeness (QED) is 0.293. The van der Waals surface area contributed by atoms with Gasteiger partial charge in [-0.1, -0.05) is 30.3 Å². The van der Waals surface area contributed by atoms with Crippen molar-refractivity contribution in [3.63, 3.8) is 0 Å². The number of hydrogen-bond donors (Lipinski definition) is 0. The van der Waals surface area contributed by atoms with Crippen LogP contribution in [0.3, 0.4) is 0 Å². The van der Waals surface area contributed by atoms with Crippen molar-refractivity contribution in [3.8, 4) is 29.1 Å². The average Bonchev–Trinajstić information content (AvgIpc) is 2.85. The first-order valence-corrected chi connectivity index (χ1v) is 10.3. The molecular weight excluding hydrogens is 397 g/mol. The summed E-state index contributed by atoms with van der Waals surface area (Å²) in [5, 5.41) is 9.80. The van der Waals surface area contributed by atoms with Crippen molar-refractivity contribution in [2.24, 2.45) is 0 Å². The van der Waals surface area contributed by atoms with E-state index in [9.17, 15) is 5.26 Å². The Morgan fingerprint density at radius 3 is 2.09 bits per heavy atom. The van der Waals surface area contributed by atoms with Gasteiger partial charge in [-0.05, 0) is 53.4 Å². The normalized spacial score (nSPS) is 13.3. The third-order valence-corrected chi connectivity index (χ3v) is 6.36. The lowest BCUT2D eigenvalue weighted by molar-refractivity contribution is 0.465. The minimum atomic E-state index is -0.173. The summed E-state index contributed by atoms with van der Waals surface area (Å²) in [6.45, 7) is 7.51. The summed E-state index contributed by atoms with van der Waals surface area (Å²) >= 11 is 0. The first kappa shape index (κ1) is 17.1. The average molecular weight is 409 g/mol. The Bertz CT molecular complexity index is 1470. The lowest BCUT2D eigenvalue weighted by Crippen LogP contribution is -2.61. The number of ether oxygens (including phenoxy) is 2. The van der Waals surface area contributed by atoms with Crippen molar-refractivity contribution < 1.29 is 9.47 Å². The van der Waals surface area contributed by atoms with E-state index in [4.69, 9.17) is 16.0 Å². The van der Waals surface area contributed by atoms with Gasteiger partial charge in [-0.25, -0.2) is 4.85 Å². The van der Waals surface area contributed by atoms with Crippen LogP contribution < -0.4 is 30.8 Å². The van der Waals surface area contributed by atoms with Crippen molar-refractivity contribution in [2.75, 3.05) is 4.90 Å². The molecule has 0 atom stereocenters. The highest BCUT2D eigenvalue weighted by atomic mass is 16.5. The van der Waals surface area contributed by atoms with Crippen molar-refractivity contribution >= 4 is 45.9 Å². The van der Waals surface area contributed by atoms with Gasteiger partial charge in [0.05, 0.1) is 12.1 Å². The number of rotatable bonds is 1. The molecule has 0 aromatic heterocycles. The topological polar surface area (TPSA) is 49.8 Å². The van der Waals surface area contributed by atoms with Gasteiger partial charge in [0.25, 0.3) is 6.71 Å². The highest BCUT2D eigenvalue weighted by Gasteiger charge is 2.48. The summed E-state index contributed by atoms with van der Waals surface area (Å²) in [6, 6.07) is 26.0. The maximum atomic E-state index is 9.80. The van der Waals surface area contributed by atoms with E-state index in [0.717, 1.165) is 44.9 Å². The zero-order chi connectivity index (χ0) is 21.4. The van der Waals surface area contributed by atoms with Gasteiger partial charge in [-0.15, -0.1) is 0 Å². The Kier molecular flexibility index (Phi) is 3.16. The van der Waals surface area contributed by atoms with Crippen LogP contribution in [0, 0.1) is 17.9 Å². The number of nitrogens with zero attached hydrogens (tertiary/aromatic N) is 3. The number of anilines is 3. The lowest BCUT2D eigenvalue weighted by Gasteiger charge is -2.43. The molecular formula is C26H12BN3O2. The zero-order valence-electron chi connectivity index (χ0n) is 16.7. The molecule has 5 nitrogen and oxygen atoms in total. The molecule has 3 aliphatic rings. The predicted molar refractivity (Wildman–Crippen MR) is 123 cm³/mol. The molecule has 7 rings (SSSR count). The molecule has 0 saturated heterocycles. The van der Waals surface area contributed by atoms with Crippen LogP contribution in [0.1, 0.15) is 5.56 Å². The smallest absolute Gasteiger partial charge is 0.264 e. The molecule has 0 radical (unpaired) electrons. The van der Waals surface area contributed by atoms with Crippen molar-refractivity contribution in [2.45, 2.75) is 0 Å². The molecule has 0 bridgehead atoms. The maximum absolute atomic E-state index is 9.80. The summed E-state index contributed by atoms with van der Waals surface area (Å²) in [7, 11) is 0. The van der Waals surface area contributed by atoms with E-state index < -0.39 is 0 Å². The van der Waals surface area contributed by atoms with Gasteiger partial charge in [-0.3, -0.25) is 0 Å². The van der Waals surface area contributed by atoms with Gasteiger partial charge in [-0.2, -0.15) is 5.26 Å². The van der Waals surface area contributed by atoms with E-state index in [0.29, 0.717) is 22.7 Å². The molecule has 4 aromatic carbocycles. The predicted octanol–water partition coefficient (Wildman–Crippen LogP) is 4.62. The van der Waals surface area contributed by atoms with E-state index in [-0.39, 0.29) is 6.71 Å². The number of para-hydroxylation sites is 1. The third kappa shape index (κ3) is 1.97. The highest BCUT2D eigenvalue weighted by molar-refractivity contribution is 7.00. The fourth-order valence-electron chi connectivity index (χ4n) is 5.15. The monoisotopic (exact) mass is 409 g/mol. The molecule has 0 fully saturated rings. The second-order valence-electron chi connectivity index (χ2n) is 7.92. The summed E-state index contributed by atoms with van der Waals surface area (Å²) in [6.07, 6.45) is 0. The highest BCUT2D eigenvalue weighted by Crippen LogP contribution is 2.48. The SMILES string of the molecule is [C-]#[N+]c1cc(C#N)c2c3c1Oc1cccc4c1B3c1c(cccc1N4c1ccccc1)O2. The van der Waals surface area contributed by atoms with Crippen molar-refractivity contribution in [3.05, 3.63) is 89.8 Å². The van der Waals surface area contributed by atoms with Crippen LogP contribution in [0.25, 0.3) is 4.85 Å². The van der Waals surface area contributed by atoms with E-state index in [2.05, 4.69) is 40.1 Å². The summed E-state index contributed by atoms with van der Waals surface area (Å²) in [5.41, 5.74) is 6.58. The molecule has 3 aliphatic heterocycles. The molecule has 32 heavy (non-hydrogen) atoms. The molecule has 0 N–H and O–H groups in total. The van der Waals surface area contributed by atoms with Crippen LogP contribution in [0.2, 0.25) is 0 Å². The van der Waals surface area contributed by atoms with E-state index >= 15 is 0 Å². The Morgan fingerprint density at radius 2 is 1.47 bits per heavy atom. The minimum absolute atomic E-state index is 0.173. The summed E-state index contributed by atoms with van der Waals surface area (Å²) < 4.78 is 12.6. The Balaban J connectivity index is 1.63. The van der Waals surface area contributed by atoms with Gasteiger partial charge >= 0.3 is 0 Å². The van der Waals surface area contributed by atoms with Gasteiger partial charge in [0.15, 0.2) is 0 Å². The molecule has 4 aromatic rings. The number of hydrogen-bond acceptors (Lipinski definition) is 4. The summed E-state index contributed by atoms with van der Waals surface area (Å²) in [4.78, 5) is 5.89. The van der Waals surface area contributed by atoms with Crippen LogP contribution in [0.5, 0.6) is 23.0 Å². The van der Waals surface area contributed by atoms with Crippen LogP contribution >= 0.6 is 0 Å². The molecule has 3 heterocycles. The van der Waals surface area contributed by atoms with E-state index in [1.165, 1.54) is 0 Å². The number of nitriles is 1. The van der Waals surface area contributed by atoms with Gasteiger partial charge in [0.1, 0.15) is 29.1 Å². The molecule has 0 unspecified atom stereocenters. The fraction of sp³-hybridized carbons (Fsp3) is 0. The third-order valence-electron chi connectivity index (χ3n) is 6.36. The van der Waals surface area contributed by atoms with E-state index in [1.807, 2.05) is 42.5 Å². The maximum Gasteiger partial charge on any atom is 0.264 e. The molecule has 0 saturated carbocycles. The molecule has 0 aliphatic carbocycles. The molecule has 6 heteroatoms. The zero-order valence-corrected chi connectivity index (χ0v) is 16.7. The second-order valence-corrected chi connectivity index (χ2v) is 7.92. The van der Waals surface area contributed by atoms with Crippen molar-refractivity contribution in [1.29, 1.82) is 5.26 Å². The first-order valence-electron chi connectivity index (χ1n) is 10.3. The van der Waals surface area contributed by atoms with Crippen molar-refractivity contribution in [1.82, 2.24) is 0 Å². The second kappa shape index (κ2) is 5.94. The van der Waals surface area contributed by atoms with Crippen LogP contribution in [0.15, 0.2) is 72.8 Å². The van der Waals surface area contributed by atoms with E-state index in [1.54, 1.807) is 6.07 Å². The van der Waals surface area contributed by atoms with Gasteiger partial charge in [0, 0.05) is 22.5 Å². The number of benzene rings is 4. The molecule has 0 amide bonds. The van der Waals surface area contributed by atoms with Crippen LogP contribution in [0.4, 0.5) is 22.7 Å². The molecule has 146 valence electrons. The van der Waals surface area contributed by atoms with Gasteiger partial charge < -0.3 is 14.4 Å².